The van der Waals surface area contributed by atoms with E-state index in [2.05, 4.69) is 21.7 Å². The number of hydrogen-bond donors (Lipinski definition) is 2. The van der Waals surface area contributed by atoms with Crippen LogP contribution < -0.4 is 10.6 Å². The number of carbonyl (C=O) groups excluding carboxylic acids is 1. The molecule has 1 heterocycles. The lowest BCUT2D eigenvalue weighted by atomic mass is 10.2. The Hall–Kier alpha value is -3.65. The number of para-hydroxylation sites is 1. The number of hydrogen-bond acceptors (Lipinski definition) is 4. The number of aromatic nitrogens is 1. The first-order chi connectivity index (χ1) is 11.7. The van der Waals surface area contributed by atoms with Crippen molar-refractivity contribution in [3.8, 4) is 6.07 Å². The molecule has 2 aromatic carbocycles. The molecule has 0 radical (unpaired) electrons. The number of nitriles is 1. The highest BCUT2D eigenvalue weighted by Gasteiger charge is 2.08. The van der Waals surface area contributed by atoms with Crippen molar-refractivity contribution in [2.24, 2.45) is 0 Å². The van der Waals surface area contributed by atoms with Crippen molar-refractivity contribution in [3.05, 3.63) is 84.2 Å². The van der Waals surface area contributed by atoms with Crippen LogP contribution in [0.2, 0.25) is 0 Å². The second-order valence-corrected chi connectivity index (χ2v) is 5.06. The first-order valence-electron chi connectivity index (χ1n) is 7.34. The lowest BCUT2D eigenvalue weighted by Gasteiger charge is -2.08. The molecule has 5 nitrogen and oxygen atoms in total. The van der Waals surface area contributed by atoms with Crippen LogP contribution in [0.15, 0.2) is 72.9 Å². The third-order valence-corrected chi connectivity index (χ3v) is 3.33. The number of rotatable bonds is 4. The maximum Gasteiger partial charge on any atom is 0.274 e. The summed E-state index contributed by atoms with van der Waals surface area (Å²) in [6.07, 6.45) is 1.58. The molecule has 1 amide bonds. The van der Waals surface area contributed by atoms with Crippen LogP contribution in [0.25, 0.3) is 0 Å². The Morgan fingerprint density at radius 1 is 0.917 bits per heavy atom. The molecule has 0 bridgehead atoms. The van der Waals surface area contributed by atoms with E-state index in [1.165, 1.54) is 0 Å². The van der Waals surface area contributed by atoms with E-state index in [1.54, 1.807) is 30.5 Å². The van der Waals surface area contributed by atoms with Crippen LogP contribution in [0, 0.1) is 11.3 Å². The normalized spacial score (nSPS) is 9.79. The molecular formula is C19H14N4O. The average molecular weight is 314 g/mol. The van der Waals surface area contributed by atoms with E-state index < -0.39 is 0 Å². The van der Waals surface area contributed by atoms with Gasteiger partial charge in [0.1, 0.15) is 5.69 Å². The van der Waals surface area contributed by atoms with Crippen molar-refractivity contribution in [2.75, 3.05) is 10.6 Å². The summed E-state index contributed by atoms with van der Waals surface area (Å²) < 4.78 is 0. The van der Waals surface area contributed by atoms with Gasteiger partial charge in [-0.3, -0.25) is 9.78 Å². The van der Waals surface area contributed by atoms with E-state index in [0.717, 1.165) is 17.1 Å². The van der Waals surface area contributed by atoms with Gasteiger partial charge >= 0.3 is 0 Å². The van der Waals surface area contributed by atoms with Crippen molar-refractivity contribution < 1.29 is 4.79 Å². The smallest absolute Gasteiger partial charge is 0.274 e. The SMILES string of the molecule is N#Cc1ccc(Nc2ccnc(C(=O)Nc3ccccc3)c2)cc1. The largest absolute Gasteiger partial charge is 0.355 e. The molecule has 1 aromatic heterocycles. The molecule has 0 fully saturated rings. The Morgan fingerprint density at radius 3 is 2.38 bits per heavy atom. The second-order valence-electron chi connectivity index (χ2n) is 5.06. The van der Waals surface area contributed by atoms with Gasteiger partial charge in [-0.05, 0) is 48.5 Å². The van der Waals surface area contributed by atoms with Gasteiger partial charge in [-0.2, -0.15) is 5.26 Å². The van der Waals surface area contributed by atoms with Gasteiger partial charge in [0.15, 0.2) is 0 Å². The molecule has 0 atom stereocenters. The highest BCUT2D eigenvalue weighted by atomic mass is 16.1. The zero-order valence-electron chi connectivity index (χ0n) is 12.7. The summed E-state index contributed by atoms with van der Waals surface area (Å²) in [5.41, 5.74) is 3.20. The maximum atomic E-state index is 12.3. The summed E-state index contributed by atoms with van der Waals surface area (Å²) >= 11 is 0. The van der Waals surface area contributed by atoms with Crippen LogP contribution in [0.5, 0.6) is 0 Å². The Bertz CT molecular complexity index is 883. The van der Waals surface area contributed by atoms with Crippen LogP contribution in [0.1, 0.15) is 16.1 Å². The van der Waals surface area contributed by atoms with Crippen LogP contribution >= 0.6 is 0 Å². The molecule has 0 aliphatic rings. The summed E-state index contributed by atoms with van der Waals surface area (Å²) in [6, 6.07) is 21.8. The molecule has 0 unspecified atom stereocenters. The van der Waals surface area contributed by atoms with Gasteiger partial charge in [0.25, 0.3) is 5.91 Å². The minimum Gasteiger partial charge on any atom is -0.355 e. The topological polar surface area (TPSA) is 77.8 Å². The number of amides is 1. The van der Waals surface area contributed by atoms with Crippen LogP contribution in [0.4, 0.5) is 17.1 Å². The first-order valence-corrected chi connectivity index (χ1v) is 7.34. The summed E-state index contributed by atoms with van der Waals surface area (Å²) in [5.74, 6) is -0.273. The maximum absolute atomic E-state index is 12.3. The minimum absolute atomic E-state index is 0.273. The zero-order chi connectivity index (χ0) is 16.8. The summed E-state index contributed by atoms with van der Waals surface area (Å²) in [6.45, 7) is 0. The summed E-state index contributed by atoms with van der Waals surface area (Å²) in [7, 11) is 0. The zero-order valence-corrected chi connectivity index (χ0v) is 12.7. The predicted octanol–water partition coefficient (Wildman–Crippen LogP) is 3.95. The monoisotopic (exact) mass is 314 g/mol. The predicted molar refractivity (Wildman–Crippen MR) is 93.1 cm³/mol. The van der Waals surface area contributed by atoms with E-state index >= 15 is 0 Å². The number of nitrogens with one attached hydrogen (secondary N) is 2. The summed E-state index contributed by atoms with van der Waals surface area (Å²) in [4.78, 5) is 16.4. The number of benzene rings is 2. The van der Waals surface area contributed by atoms with Gasteiger partial charge in [0.05, 0.1) is 11.6 Å². The van der Waals surface area contributed by atoms with Gasteiger partial charge in [-0.1, -0.05) is 18.2 Å². The molecule has 0 saturated heterocycles. The minimum atomic E-state index is -0.273. The fourth-order valence-corrected chi connectivity index (χ4v) is 2.14. The highest BCUT2D eigenvalue weighted by Crippen LogP contribution is 2.18. The Kier molecular flexibility index (Phi) is 4.50. The van der Waals surface area contributed by atoms with Gasteiger partial charge in [0, 0.05) is 23.3 Å². The van der Waals surface area contributed by atoms with Crippen molar-refractivity contribution in [2.45, 2.75) is 0 Å². The lowest BCUT2D eigenvalue weighted by molar-refractivity contribution is 0.102. The second kappa shape index (κ2) is 7.07. The van der Waals surface area contributed by atoms with Gasteiger partial charge in [0.2, 0.25) is 0 Å². The Balaban J connectivity index is 1.73. The number of nitrogens with zero attached hydrogens (tertiary/aromatic N) is 2. The van der Waals surface area contributed by atoms with Gasteiger partial charge in [-0.25, -0.2) is 0 Å². The van der Waals surface area contributed by atoms with E-state index in [-0.39, 0.29) is 5.91 Å². The molecule has 0 spiro atoms. The van der Waals surface area contributed by atoms with Gasteiger partial charge < -0.3 is 10.6 Å². The molecule has 3 rings (SSSR count). The van der Waals surface area contributed by atoms with E-state index in [0.29, 0.717) is 11.3 Å². The molecule has 0 aliphatic heterocycles. The quantitative estimate of drug-likeness (QED) is 0.764. The van der Waals surface area contributed by atoms with E-state index in [4.69, 9.17) is 5.26 Å². The summed E-state index contributed by atoms with van der Waals surface area (Å²) in [5, 5.41) is 14.8. The van der Waals surface area contributed by atoms with Crippen molar-refractivity contribution in [3.63, 3.8) is 0 Å². The number of anilines is 3. The molecule has 24 heavy (non-hydrogen) atoms. The third kappa shape index (κ3) is 3.76. The average Bonchev–Trinajstić information content (AvgIpc) is 2.63. The van der Waals surface area contributed by atoms with Crippen molar-refractivity contribution in [1.29, 1.82) is 5.26 Å². The van der Waals surface area contributed by atoms with Crippen LogP contribution in [0.3, 0.4) is 0 Å². The molecule has 0 aliphatic carbocycles. The van der Waals surface area contributed by atoms with Crippen LogP contribution in [-0.4, -0.2) is 10.9 Å². The molecule has 5 heteroatoms. The van der Waals surface area contributed by atoms with Crippen molar-refractivity contribution in [1.82, 2.24) is 4.98 Å². The molecule has 3 aromatic rings. The lowest BCUT2D eigenvalue weighted by Crippen LogP contribution is -2.13. The molecular weight excluding hydrogens is 300 g/mol. The fourth-order valence-electron chi connectivity index (χ4n) is 2.14. The standard InChI is InChI=1S/C19H14N4O/c20-13-14-6-8-16(9-7-14)22-17-10-11-21-18(12-17)19(24)23-15-4-2-1-3-5-15/h1-12H,(H,21,22)(H,23,24). The van der Waals surface area contributed by atoms with Crippen LogP contribution in [-0.2, 0) is 0 Å². The molecule has 0 saturated carbocycles. The van der Waals surface area contributed by atoms with Gasteiger partial charge in [-0.15, -0.1) is 0 Å². The fraction of sp³-hybridized carbons (Fsp3) is 0. The third-order valence-electron chi connectivity index (χ3n) is 3.33. The number of pyridine rings is 1. The molecule has 116 valence electrons. The first kappa shape index (κ1) is 15.3. The molecule has 2 N–H and O–H groups in total. The highest BCUT2D eigenvalue weighted by molar-refractivity contribution is 6.03. The van der Waals surface area contributed by atoms with E-state index in [1.807, 2.05) is 42.5 Å². The number of carbonyl (C=O) groups is 1. The van der Waals surface area contributed by atoms with E-state index in [9.17, 15) is 4.79 Å². The Morgan fingerprint density at radius 2 is 1.67 bits per heavy atom. The Labute approximate surface area is 139 Å². The van der Waals surface area contributed by atoms with Crippen molar-refractivity contribution >= 4 is 23.0 Å².